The molecule has 6 nitrogen and oxygen atoms in total. The Bertz CT molecular complexity index is 762. The molecular weight excluding hydrogens is 357 g/mol. The van der Waals surface area contributed by atoms with Crippen molar-refractivity contribution in [3.05, 3.63) is 30.2 Å². The molecule has 2 aromatic heterocycles. The smallest absolute Gasteiger partial charge is 0.356 e. The van der Waals surface area contributed by atoms with Crippen LogP contribution in [0.25, 0.3) is 5.65 Å². The highest BCUT2D eigenvalue weighted by Gasteiger charge is 2.41. The van der Waals surface area contributed by atoms with Crippen LogP contribution >= 0.6 is 0 Å². The summed E-state index contributed by atoms with van der Waals surface area (Å²) in [6.07, 6.45) is 0.860. The molecule has 0 saturated heterocycles. The average Bonchev–Trinajstić information content (AvgIpc) is 3.07. The number of hydrogen-bond donors (Lipinski definition) is 2. The average molecular weight is 382 g/mol. The molecule has 0 aromatic carbocycles. The van der Waals surface area contributed by atoms with Gasteiger partial charge in [-0.3, -0.25) is 9.39 Å². The second-order valence-corrected chi connectivity index (χ2v) is 6.88. The summed E-state index contributed by atoms with van der Waals surface area (Å²) in [7, 11) is 1.67. The number of pyridine rings is 1. The van der Waals surface area contributed by atoms with Crippen molar-refractivity contribution >= 4 is 11.6 Å². The van der Waals surface area contributed by atoms with Crippen molar-refractivity contribution in [1.82, 2.24) is 25.2 Å². The van der Waals surface area contributed by atoms with Crippen LogP contribution in [0.5, 0.6) is 0 Å². The van der Waals surface area contributed by atoms with E-state index in [2.05, 4.69) is 25.8 Å². The second-order valence-electron chi connectivity index (χ2n) is 6.88. The van der Waals surface area contributed by atoms with Gasteiger partial charge in [-0.2, -0.15) is 13.2 Å². The van der Waals surface area contributed by atoms with E-state index in [0.29, 0.717) is 25.3 Å². The summed E-state index contributed by atoms with van der Waals surface area (Å²) >= 11 is 0. The SMILES string of the molecule is CN=C(NCCCc1nnc2ccccn12)NC1CCC(C(F)(F)F)CC1. The van der Waals surface area contributed by atoms with Gasteiger partial charge in [-0.15, -0.1) is 10.2 Å². The number of nitrogens with one attached hydrogen (secondary N) is 2. The molecule has 1 aliphatic carbocycles. The van der Waals surface area contributed by atoms with E-state index in [1.165, 1.54) is 0 Å². The van der Waals surface area contributed by atoms with Crippen LogP contribution in [0.3, 0.4) is 0 Å². The summed E-state index contributed by atoms with van der Waals surface area (Å²) in [6.45, 7) is 0.694. The molecule has 148 valence electrons. The van der Waals surface area contributed by atoms with Gasteiger partial charge < -0.3 is 10.6 Å². The fourth-order valence-electron chi connectivity index (χ4n) is 3.47. The van der Waals surface area contributed by atoms with Gasteiger partial charge in [0.05, 0.1) is 5.92 Å². The number of alkyl halides is 3. The fourth-order valence-corrected chi connectivity index (χ4v) is 3.47. The van der Waals surface area contributed by atoms with E-state index < -0.39 is 12.1 Å². The van der Waals surface area contributed by atoms with E-state index in [0.717, 1.165) is 24.3 Å². The molecule has 0 spiro atoms. The first-order valence-corrected chi connectivity index (χ1v) is 9.30. The third-order valence-electron chi connectivity index (χ3n) is 5.01. The molecule has 0 amide bonds. The van der Waals surface area contributed by atoms with E-state index >= 15 is 0 Å². The zero-order valence-corrected chi connectivity index (χ0v) is 15.3. The summed E-state index contributed by atoms with van der Waals surface area (Å²) in [5.74, 6) is 0.376. The number of aryl methyl sites for hydroxylation is 1. The van der Waals surface area contributed by atoms with Crippen molar-refractivity contribution in [1.29, 1.82) is 0 Å². The van der Waals surface area contributed by atoms with E-state index in [1.54, 1.807) is 7.05 Å². The Morgan fingerprint density at radius 2 is 2.00 bits per heavy atom. The minimum Gasteiger partial charge on any atom is -0.356 e. The van der Waals surface area contributed by atoms with Gasteiger partial charge in [0.2, 0.25) is 0 Å². The standard InChI is InChI=1S/C18H25F3N6/c1-22-17(24-14-9-7-13(8-10-14)18(19,20)21)23-11-4-6-16-26-25-15-5-2-3-12-27(15)16/h2-3,5,12-14H,4,6-11H2,1H3,(H2,22,23,24). The number of guanidine groups is 1. The van der Waals surface area contributed by atoms with Gasteiger partial charge in [0.1, 0.15) is 5.82 Å². The van der Waals surface area contributed by atoms with Gasteiger partial charge in [0, 0.05) is 32.3 Å². The molecule has 2 N–H and O–H groups in total. The number of aliphatic imine (C=N–C) groups is 1. The molecule has 2 heterocycles. The Kier molecular flexibility index (Phi) is 6.18. The predicted molar refractivity (Wildman–Crippen MR) is 97.6 cm³/mol. The first-order valence-electron chi connectivity index (χ1n) is 9.30. The maximum atomic E-state index is 12.7. The van der Waals surface area contributed by atoms with Crippen LogP contribution in [0.1, 0.15) is 37.9 Å². The third kappa shape index (κ3) is 5.11. The molecular formula is C18H25F3N6. The third-order valence-corrected chi connectivity index (χ3v) is 5.01. The number of halogens is 3. The molecule has 0 aliphatic heterocycles. The maximum Gasteiger partial charge on any atom is 0.391 e. The first kappa shape index (κ1) is 19.4. The number of rotatable bonds is 5. The van der Waals surface area contributed by atoms with Crippen molar-refractivity contribution in [2.75, 3.05) is 13.6 Å². The van der Waals surface area contributed by atoms with Crippen LogP contribution in [0, 0.1) is 5.92 Å². The minimum atomic E-state index is -4.07. The maximum absolute atomic E-state index is 12.7. The molecule has 0 bridgehead atoms. The molecule has 1 saturated carbocycles. The predicted octanol–water partition coefficient (Wildman–Crippen LogP) is 2.95. The van der Waals surface area contributed by atoms with Gasteiger partial charge in [0.25, 0.3) is 0 Å². The normalized spacial score (nSPS) is 21.4. The monoisotopic (exact) mass is 382 g/mol. The molecule has 27 heavy (non-hydrogen) atoms. The lowest BCUT2D eigenvalue weighted by Gasteiger charge is -2.31. The van der Waals surface area contributed by atoms with Crippen LogP contribution in [-0.4, -0.2) is 46.4 Å². The van der Waals surface area contributed by atoms with Crippen LogP contribution in [0.4, 0.5) is 13.2 Å². The van der Waals surface area contributed by atoms with Crippen molar-refractivity contribution in [2.45, 2.75) is 50.7 Å². The van der Waals surface area contributed by atoms with Crippen LogP contribution in [0.15, 0.2) is 29.4 Å². The molecule has 9 heteroatoms. The van der Waals surface area contributed by atoms with Gasteiger partial charge in [-0.05, 0) is 44.2 Å². The molecule has 0 radical (unpaired) electrons. The van der Waals surface area contributed by atoms with Gasteiger partial charge in [0.15, 0.2) is 11.6 Å². The van der Waals surface area contributed by atoms with E-state index in [9.17, 15) is 13.2 Å². The largest absolute Gasteiger partial charge is 0.391 e. The first-order chi connectivity index (χ1) is 13.0. The van der Waals surface area contributed by atoms with Crippen LogP contribution in [0.2, 0.25) is 0 Å². The number of hydrogen-bond acceptors (Lipinski definition) is 3. The highest BCUT2D eigenvalue weighted by Crippen LogP contribution is 2.37. The lowest BCUT2D eigenvalue weighted by Crippen LogP contribution is -2.46. The highest BCUT2D eigenvalue weighted by molar-refractivity contribution is 5.79. The van der Waals surface area contributed by atoms with Crippen LogP contribution in [-0.2, 0) is 6.42 Å². The molecule has 3 rings (SSSR count). The Hall–Kier alpha value is -2.32. The fraction of sp³-hybridized carbons (Fsp3) is 0.611. The quantitative estimate of drug-likeness (QED) is 0.474. The lowest BCUT2D eigenvalue weighted by molar-refractivity contribution is -0.182. The van der Waals surface area contributed by atoms with Crippen LogP contribution < -0.4 is 10.6 Å². The summed E-state index contributed by atoms with van der Waals surface area (Å²) < 4.78 is 40.2. The Morgan fingerprint density at radius 3 is 2.70 bits per heavy atom. The molecule has 2 aromatic rings. The number of fused-ring (bicyclic) bond motifs is 1. The molecule has 0 unspecified atom stereocenters. The lowest BCUT2D eigenvalue weighted by atomic mass is 9.85. The highest BCUT2D eigenvalue weighted by atomic mass is 19.4. The Balaban J connectivity index is 1.40. The Morgan fingerprint density at radius 1 is 1.22 bits per heavy atom. The van der Waals surface area contributed by atoms with Crippen molar-refractivity contribution in [3.8, 4) is 0 Å². The number of nitrogens with zero attached hydrogens (tertiary/aromatic N) is 4. The molecule has 1 aliphatic rings. The zero-order chi connectivity index (χ0) is 19.3. The van der Waals surface area contributed by atoms with E-state index in [-0.39, 0.29) is 18.9 Å². The summed E-state index contributed by atoms with van der Waals surface area (Å²) in [4.78, 5) is 4.17. The number of aromatic nitrogens is 3. The molecule has 1 fully saturated rings. The summed E-state index contributed by atoms with van der Waals surface area (Å²) in [5, 5.41) is 14.8. The van der Waals surface area contributed by atoms with Gasteiger partial charge in [-0.25, -0.2) is 0 Å². The van der Waals surface area contributed by atoms with Crippen molar-refractivity contribution in [3.63, 3.8) is 0 Å². The van der Waals surface area contributed by atoms with Crippen molar-refractivity contribution < 1.29 is 13.2 Å². The summed E-state index contributed by atoms with van der Waals surface area (Å²) in [5.41, 5.74) is 0.826. The topological polar surface area (TPSA) is 66.6 Å². The van der Waals surface area contributed by atoms with E-state index in [4.69, 9.17) is 0 Å². The Labute approximate surface area is 156 Å². The minimum absolute atomic E-state index is 0.0373. The molecule has 0 atom stereocenters. The van der Waals surface area contributed by atoms with Gasteiger partial charge in [-0.1, -0.05) is 6.07 Å². The van der Waals surface area contributed by atoms with Gasteiger partial charge >= 0.3 is 6.18 Å². The van der Waals surface area contributed by atoms with E-state index in [1.807, 2.05) is 28.8 Å². The summed E-state index contributed by atoms with van der Waals surface area (Å²) in [6, 6.07) is 5.81. The zero-order valence-electron chi connectivity index (χ0n) is 15.3. The van der Waals surface area contributed by atoms with Crippen molar-refractivity contribution in [2.24, 2.45) is 10.9 Å². The second kappa shape index (κ2) is 8.58.